The highest BCUT2D eigenvalue weighted by atomic mass is 32.1. The molecule has 2 aromatic rings. The van der Waals surface area contributed by atoms with Gasteiger partial charge < -0.3 is 10.1 Å². The fourth-order valence-electron chi connectivity index (χ4n) is 1.77. The van der Waals surface area contributed by atoms with Gasteiger partial charge >= 0.3 is 5.97 Å². The number of ether oxygens (including phenoxy) is 1. The number of thiophene rings is 1. The number of carbonyl (C=O) groups is 1. The maximum Gasteiger partial charge on any atom is 0.357 e. The third-order valence-corrected chi connectivity index (χ3v) is 4.30. The molecule has 1 unspecified atom stereocenters. The molecule has 0 saturated heterocycles. The quantitative estimate of drug-likeness (QED) is 0.860. The fraction of sp³-hybridized carbons (Fsp3) is 0.385. The molecule has 1 N–H and O–H groups in total. The SMILES string of the molecule is COC(=O)c1nc(NC(C)Cc2ccsc2)sc1C. The number of rotatable bonds is 5. The zero-order valence-electron chi connectivity index (χ0n) is 11.1. The summed E-state index contributed by atoms with van der Waals surface area (Å²) in [6.07, 6.45) is 0.940. The van der Waals surface area contributed by atoms with Crippen molar-refractivity contribution in [3.63, 3.8) is 0 Å². The fourth-order valence-corrected chi connectivity index (χ4v) is 3.36. The van der Waals surface area contributed by atoms with E-state index in [1.54, 1.807) is 11.3 Å². The van der Waals surface area contributed by atoms with Crippen LogP contribution in [0.4, 0.5) is 5.13 Å². The molecular formula is C13H16N2O2S2. The molecule has 19 heavy (non-hydrogen) atoms. The molecule has 0 aliphatic rings. The second-order valence-corrected chi connectivity index (χ2v) is 6.28. The Morgan fingerprint density at radius 2 is 2.37 bits per heavy atom. The van der Waals surface area contributed by atoms with Crippen LogP contribution >= 0.6 is 22.7 Å². The van der Waals surface area contributed by atoms with E-state index in [-0.39, 0.29) is 12.0 Å². The van der Waals surface area contributed by atoms with Crippen LogP contribution < -0.4 is 5.32 Å². The zero-order chi connectivity index (χ0) is 13.8. The van der Waals surface area contributed by atoms with Crippen LogP contribution in [-0.4, -0.2) is 24.1 Å². The van der Waals surface area contributed by atoms with Crippen LogP contribution in [-0.2, 0) is 11.2 Å². The Morgan fingerprint density at radius 1 is 1.58 bits per heavy atom. The molecule has 0 saturated carbocycles. The van der Waals surface area contributed by atoms with Crippen LogP contribution in [0.1, 0.15) is 27.9 Å². The van der Waals surface area contributed by atoms with Crippen LogP contribution in [0, 0.1) is 6.92 Å². The van der Waals surface area contributed by atoms with E-state index in [2.05, 4.69) is 34.1 Å². The van der Waals surface area contributed by atoms with E-state index in [1.165, 1.54) is 24.0 Å². The Labute approximate surface area is 120 Å². The third kappa shape index (κ3) is 3.54. The van der Waals surface area contributed by atoms with Crippen LogP contribution in [0.5, 0.6) is 0 Å². The molecule has 6 heteroatoms. The molecule has 4 nitrogen and oxygen atoms in total. The summed E-state index contributed by atoms with van der Waals surface area (Å²) in [5.41, 5.74) is 1.71. The smallest absolute Gasteiger partial charge is 0.357 e. The Bertz CT molecular complexity index is 549. The zero-order valence-corrected chi connectivity index (χ0v) is 12.7. The van der Waals surface area contributed by atoms with Gasteiger partial charge in [0, 0.05) is 10.9 Å². The van der Waals surface area contributed by atoms with Crippen molar-refractivity contribution in [2.45, 2.75) is 26.3 Å². The topological polar surface area (TPSA) is 51.2 Å². The predicted octanol–water partition coefficient (Wildman–Crippen LogP) is 3.34. The van der Waals surface area contributed by atoms with E-state index in [9.17, 15) is 4.79 Å². The van der Waals surface area contributed by atoms with Gasteiger partial charge in [-0.1, -0.05) is 0 Å². The Kier molecular flexibility index (Phi) is 4.55. The van der Waals surface area contributed by atoms with E-state index in [0.29, 0.717) is 5.69 Å². The first-order valence-corrected chi connectivity index (χ1v) is 7.69. The number of aryl methyl sites for hydroxylation is 1. The normalized spacial score (nSPS) is 12.2. The molecule has 0 aliphatic carbocycles. The van der Waals surface area contributed by atoms with Crippen molar-refractivity contribution >= 4 is 33.8 Å². The Balaban J connectivity index is 2.01. The lowest BCUT2D eigenvalue weighted by molar-refractivity contribution is 0.0594. The maximum atomic E-state index is 11.5. The van der Waals surface area contributed by atoms with Crippen LogP contribution in [0.15, 0.2) is 16.8 Å². The lowest BCUT2D eigenvalue weighted by Gasteiger charge is -2.11. The first-order chi connectivity index (χ1) is 9.10. The van der Waals surface area contributed by atoms with Crippen molar-refractivity contribution in [1.29, 1.82) is 0 Å². The first kappa shape index (κ1) is 14.0. The second-order valence-electron chi connectivity index (χ2n) is 4.30. The number of aromatic nitrogens is 1. The summed E-state index contributed by atoms with van der Waals surface area (Å²) in [7, 11) is 1.37. The minimum atomic E-state index is -0.382. The Hall–Kier alpha value is -1.40. The third-order valence-electron chi connectivity index (χ3n) is 2.67. The van der Waals surface area contributed by atoms with Crippen LogP contribution in [0.3, 0.4) is 0 Å². The molecule has 0 aliphatic heterocycles. The number of hydrogen-bond acceptors (Lipinski definition) is 6. The standard InChI is InChI=1S/C13H16N2O2S2/c1-8(6-10-4-5-18-7-10)14-13-15-11(9(2)19-13)12(16)17-3/h4-5,7-8H,6H2,1-3H3,(H,14,15). The second kappa shape index (κ2) is 6.16. The number of nitrogens with zero attached hydrogens (tertiary/aromatic N) is 1. The van der Waals surface area contributed by atoms with Crippen LogP contribution in [0.25, 0.3) is 0 Å². The minimum absolute atomic E-state index is 0.269. The van der Waals surface area contributed by atoms with E-state index in [0.717, 1.165) is 16.4 Å². The summed E-state index contributed by atoms with van der Waals surface area (Å²) in [6.45, 7) is 3.98. The van der Waals surface area contributed by atoms with Crippen molar-refractivity contribution in [2.75, 3.05) is 12.4 Å². The van der Waals surface area contributed by atoms with E-state index in [4.69, 9.17) is 4.74 Å². The molecule has 0 aromatic carbocycles. The van der Waals surface area contributed by atoms with Gasteiger partial charge in [-0.05, 0) is 42.7 Å². The van der Waals surface area contributed by atoms with Gasteiger partial charge in [-0.3, -0.25) is 0 Å². The largest absolute Gasteiger partial charge is 0.464 e. The average Bonchev–Trinajstić information content (AvgIpc) is 2.98. The van der Waals surface area contributed by atoms with Gasteiger partial charge in [0.2, 0.25) is 0 Å². The average molecular weight is 296 g/mol. The van der Waals surface area contributed by atoms with E-state index < -0.39 is 0 Å². The first-order valence-electron chi connectivity index (χ1n) is 5.93. The summed E-state index contributed by atoms with van der Waals surface area (Å²) >= 11 is 3.18. The van der Waals surface area contributed by atoms with Crippen molar-refractivity contribution in [1.82, 2.24) is 4.98 Å². The lowest BCUT2D eigenvalue weighted by Crippen LogP contribution is -2.17. The molecule has 0 radical (unpaired) electrons. The number of thiazole rings is 1. The van der Waals surface area contributed by atoms with Crippen molar-refractivity contribution in [3.8, 4) is 0 Å². The minimum Gasteiger partial charge on any atom is -0.464 e. The molecule has 1 atom stereocenters. The molecule has 102 valence electrons. The van der Waals surface area contributed by atoms with E-state index in [1.807, 2.05) is 6.92 Å². The molecule has 2 heterocycles. The predicted molar refractivity (Wildman–Crippen MR) is 79.3 cm³/mol. The summed E-state index contributed by atoms with van der Waals surface area (Å²) in [6, 6.07) is 2.39. The number of carbonyl (C=O) groups excluding carboxylic acids is 1. The summed E-state index contributed by atoms with van der Waals surface area (Å²) < 4.78 is 4.70. The highest BCUT2D eigenvalue weighted by Gasteiger charge is 2.16. The number of hydrogen-bond donors (Lipinski definition) is 1. The maximum absolute atomic E-state index is 11.5. The number of nitrogens with one attached hydrogen (secondary N) is 1. The van der Waals surface area contributed by atoms with Gasteiger partial charge in [0.1, 0.15) is 0 Å². The number of methoxy groups -OCH3 is 1. The molecule has 0 fully saturated rings. The van der Waals surface area contributed by atoms with Crippen molar-refractivity contribution < 1.29 is 9.53 Å². The van der Waals surface area contributed by atoms with Gasteiger partial charge in [-0.2, -0.15) is 11.3 Å². The van der Waals surface area contributed by atoms with Gasteiger partial charge in [-0.25, -0.2) is 9.78 Å². The number of esters is 1. The summed E-state index contributed by atoms with van der Waals surface area (Å²) in [4.78, 5) is 16.6. The van der Waals surface area contributed by atoms with Gasteiger partial charge in [0.15, 0.2) is 10.8 Å². The molecule has 0 spiro atoms. The van der Waals surface area contributed by atoms with Gasteiger partial charge in [0.05, 0.1) is 7.11 Å². The molecular weight excluding hydrogens is 280 g/mol. The van der Waals surface area contributed by atoms with E-state index >= 15 is 0 Å². The number of anilines is 1. The molecule has 0 amide bonds. The molecule has 0 bridgehead atoms. The van der Waals surface area contributed by atoms with Crippen molar-refractivity contribution in [3.05, 3.63) is 33.0 Å². The van der Waals surface area contributed by atoms with Gasteiger partial charge in [0.25, 0.3) is 0 Å². The molecule has 2 rings (SSSR count). The van der Waals surface area contributed by atoms with Gasteiger partial charge in [-0.15, -0.1) is 11.3 Å². The van der Waals surface area contributed by atoms with Crippen LogP contribution in [0.2, 0.25) is 0 Å². The Morgan fingerprint density at radius 3 is 3.00 bits per heavy atom. The highest BCUT2D eigenvalue weighted by Crippen LogP contribution is 2.23. The highest BCUT2D eigenvalue weighted by molar-refractivity contribution is 7.15. The summed E-state index contributed by atoms with van der Waals surface area (Å²) in [5, 5.41) is 8.31. The summed E-state index contributed by atoms with van der Waals surface area (Å²) in [5.74, 6) is -0.382. The van der Waals surface area contributed by atoms with Crippen molar-refractivity contribution in [2.24, 2.45) is 0 Å². The monoisotopic (exact) mass is 296 g/mol. The lowest BCUT2D eigenvalue weighted by atomic mass is 10.1. The molecule has 2 aromatic heterocycles.